The van der Waals surface area contributed by atoms with Crippen molar-refractivity contribution in [2.75, 3.05) is 26.2 Å². The van der Waals surface area contributed by atoms with Crippen LogP contribution in [0.25, 0.3) is 0 Å². The predicted molar refractivity (Wildman–Crippen MR) is 121 cm³/mol. The van der Waals surface area contributed by atoms with Crippen LogP contribution in [-0.4, -0.2) is 44.9 Å². The second kappa shape index (κ2) is 11.2. The van der Waals surface area contributed by atoms with Crippen molar-refractivity contribution in [3.8, 4) is 0 Å². The number of piperidine rings is 1. The molecule has 0 aliphatic carbocycles. The topological polar surface area (TPSA) is 75.7 Å². The monoisotopic (exact) mass is 482 g/mol. The van der Waals surface area contributed by atoms with Crippen LogP contribution in [0.1, 0.15) is 37.9 Å². The first-order valence-corrected chi connectivity index (χ1v) is 12.5. The molecule has 1 saturated heterocycles. The fourth-order valence-electron chi connectivity index (χ4n) is 3.65. The number of hydrogen-bond acceptors (Lipinski definition) is 4. The average Bonchev–Trinajstić information content (AvgIpc) is 2.81. The average molecular weight is 483 g/mol. The summed E-state index contributed by atoms with van der Waals surface area (Å²) in [4.78, 5) is 12.4. The highest BCUT2D eigenvalue weighted by Crippen LogP contribution is 2.26. The molecule has 0 saturated carbocycles. The van der Waals surface area contributed by atoms with Gasteiger partial charge >= 0.3 is 0 Å². The summed E-state index contributed by atoms with van der Waals surface area (Å²) in [6.45, 7) is 3.50. The van der Waals surface area contributed by atoms with E-state index < -0.39 is 15.8 Å². The first-order valence-electron chi connectivity index (χ1n) is 10.7. The van der Waals surface area contributed by atoms with Gasteiger partial charge in [0, 0.05) is 32.2 Å². The van der Waals surface area contributed by atoms with Crippen molar-refractivity contribution in [3.63, 3.8) is 0 Å². The van der Waals surface area contributed by atoms with Crippen LogP contribution in [0.15, 0.2) is 53.4 Å². The van der Waals surface area contributed by atoms with Crippen LogP contribution >= 0.6 is 11.6 Å². The van der Waals surface area contributed by atoms with Gasteiger partial charge in [-0.3, -0.25) is 4.79 Å². The van der Waals surface area contributed by atoms with Gasteiger partial charge in [-0.15, -0.1) is 0 Å². The van der Waals surface area contributed by atoms with Crippen molar-refractivity contribution in [1.29, 1.82) is 0 Å². The van der Waals surface area contributed by atoms with E-state index in [4.69, 9.17) is 16.3 Å². The molecular formula is C23H28ClFN2O4S. The van der Waals surface area contributed by atoms with Gasteiger partial charge < -0.3 is 10.1 Å². The number of hydrogen-bond donors (Lipinski definition) is 1. The normalized spacial score (nSPS) is 16.6. The Bertz CT molecular complexity index is 1010. The Balaban J connectivity index is 1.39. The number of amides is 1. The van der Waals surface area contributed by atoms with Gasteiger partial charge in [0.15, 0.2) is 0 Å². The number of ether oxygens (including phenoxy) is 1. The van der Waals surface area contributed by atoms with Gasteiger partial charge in [-0.1, -0.05) is 41.9 Å². The number of nitrogens with one attached hydrogen (secondary N) is 1. The number of rotatable bonds is 9. The molecular weight excluding hydrogens is 455 g/mol. The molecule has 1 fully saturated rings. The molecule has 1 amide bonds. The minimum Gasteiger partial charge on any atom is -0.374 e. The predicted octanol–water partition coefficient (Wildman–Crippen LogP) is 4.16. The van der Waals surface area contributed by atoms with Gasteiger partial charge in [0.05, 0.1) is 16.0 Å². The molecule has 174 valence electrons. The molecule has 3 rings (SSSR count). The lowest BCUT2D eigenvalue weighted by atomic mass is 9.97. The molecule has 1 N–H and O–H groups in total. The van der Waals surface area contributed by atoms with Gasteiger partial charge in [-0.25, -0.2) is 12.8 Å². The third kappa shape index (κ3) is 6.28. The maximum atomic E-state index is 13.3. The molecule has 2 aromatic carbocycles. The van der Waals surface area contributed by atoms with Crippen LogP contribution in [0, 0.1) is 11.7 Å². The van der Waals surface area contributed by atoms with E-state index in [9.17, 15) is 17.6 Å². The summed E-state index contributed by atoms with van der Waals surface area (Å²) >= 11 is 5.72. The van der Waals surface area contributed by atoms with Gasteiger partial charge in [-0.05, 0) is 49.9 Å². The largest absolute Gasteiger partial charge is 0.374 e. The van der Waals surface area contributed by atoms with Crippen molar-refractivity contribution in [3.05, 3.63) is 64.9 Å². The minimum atomic E-state index is -3.77. The fourth-order valence-corrected chi connectivity index (χ4v) is 5.39. The van der Waals surface area contributed by atoms with E-state index in [0.717, 1.165) is 17.7 Å². The standard InChI is InChI=1S/C23H28ClFN2O4S/c1-17(18-6-3-2-4-7-18)31-15-5-12-26-23(28)19-10-13-27(14-11-19)32(29,30)20-8-9-22(25)21(24)16-20/h2-4,6-9,16-17,19H,5,10-15H2,1H3,(H,26,28). The van der Waals surface area contributed by atoms with Crippen molar-refractivity contribution in [2.24, 2.45) is 5.92 Å². The van der Waals surface area contributed by atoms with Gasteiger partial charge in [0.25, 0.3) is 0 Å². The van der Waals surface area contributed by atoms with E-state index >= 15 is 0 Å². The molecule has 6 nitrogen and oxygen atoms in total. The zero-order valence-corrected chi connectivity index (χ0v) is 19.5. The fraction of sp³-hybridized carbons (Fsp3) is 0.435. The quantitative estimate of drug-likeness (QED) is 0.544. The first-order chi connectivity index (χ1) is 15.3. The lowest BCUT2D eigenvalue weighted by Crippen LogP contribution is -2.43. The molecule has 0 spiro atoms. The molecule has 1 aliphatic rings. The first kappa shape index (κ1) is 24.6. The number of halogens is 2. The molecule has 1 heterocycles. The zero-order valence-electron chi connectivity index (χ0n) is 18.0. The summed E-state index contributed by atoms with van der Waals surface area (Å²) in [6, 6.07) is 13.3. The highest BCUT2D eigenvalue weighted by molar-refractivity contribution is 7.89. The van der Waals surface area contributed by atoms with Crippen LogP contribution in [0.5, 0.6) is 0 Å². The van der Waals surface area contributed by atoms with Gasteiger partial charge in [0.1, 0.15) is 5.82 Å². The number of carbonyl (C=O) groups excluding carboxylic acids is 1. The van der Waals surface area contributed by atoms with E-state index in [-0.39, 0.29) is 40.9 Å². The number of sulfonamides is 1. The second-order valence-corrected chi connectivity index (χ2v) is 10.2. The zero-order chi connectivity index (χ0) is 23.1. The van der Waals surface area contributed by atoms with Crippen LogP contribution < -0.4 is 5.32 Å². The number of benzene rings is 2. The molecule has 1 aliphatic heterocycles. The molecule has 1 atom stereocenters. The summed E-state index contributed by atoms with van der Waals surface area (Å²) in [5.41, 5.74) is 1.11. The molecule has 0 radical (unpaired) electrons. The lowest BCUT2D eigenvalue weighted by Gasteiger charge is -2.30. The van der Waals surface area contributed by atoms with Crippen molar-refractivity contribution >= 4 is 27.5 Å². The van der Waals surface area contributed by atoms with Gasteiger partial charge in [0.2, 0.25) is 15.9 Å². The third-order valence-electron chi connectivity index (χ3n) is 5.61. The Morgan fingerprint density at radius 3 is 2.56 bits per heavy atom. The summed E-state index contributed by atoms with van der Waals surface area (Å²) < 4.78 is 46.0. The molecule has 32 heavy (non-hydrogen) atoms. The highest BCUT2D eigenvalue weighted by atomic mass is 35.5. The Hall–Kier alpha value is -2.00. The van der Waals surface area contributed by atoms with E-state index in [1.807, 2.05) is 37.3 Å². The van der Waals surface area contributed by atoms with Gasteiger partial charge in [-0.2, -0.15) is 4.31 Å². The molecule has 1 unspecified atom stereocenters. The van der Waals surface area contributed by atoms with Crippen LogP contribution in [0.4, 0.5) is 4.39 Å². The molecule has 0 aromatic heterocycles. The van der Waals surface area contributed by atoms with Crippen LogP contribution in [0.2, 0.25) is 5.02 Å². The van der Waals surface area contributed by atoms with E-state index in [2.05, 4.69) is 5.32 Å². The summed E-state index contributed by atoms with van der Waals surface area (Å²) in [5.74, 6) is -0.966. The van der Waals surface area contributed by atoms with E-state index in [1.165, 1.54) is 10.4 Å². The van der Waals surface area contributed by atoms with Crippen molar-refractivity contribution in [2.45, 2.75) is 37.2 Å². The Morgan fingerprint density at radius 2 is 1.91 bits per heavy atom. The maximum absolute atomic E-state index is 13.3. The lowest BCUT2D eigenvalue weighted by molar-refractivity contribution is -0.126. The Labute approximate surface area is 193 Å². The highest BCUT2D eigenvalue weighted by Gasteiger charge is 2.32. The smallest absolute Gasteiger partial charge is 0.243 e. The minimum absolute atomic E-state index is 0.00540. The number of nitrogens with zero attached hydrogens (tertiary/aromatic N) is 1. The van der Waals surface area contributed by atoms with Crippen LogP contribution in [0.3, 0.4) is 0 Å². The third-order valence-corrected chi connectivity index (χ3v) is 7.80. The summed E-state index contributed by atoms with van der Waals surface area (Å²) in [7, 11) is -3.77. The number of carbonyl (C=O) groups is 1. The van der Waals surface area contributed by atoms with Crippen molar-refractivity contribution < 1.29 is 22.3 Å². The summed E-state index contributed by atoms with van der Waals surface area (Å²) in [6.07, 6.45) is 1.55. The molecule has 2 aromatic rings. The van der Waals surface area contributed by atoms with E-state index in [1.54, 1.807) is 0 Å². The van der Waals surface area contributed by atoms with E-state index in [0.29, 0.717) is 32.4 Å². The van der Waals surface area contributed by atoms with Crippen LogP contribution in [-0.2, 0) is 19.6 Å². The maximum Gasteiger partial charge on any atom is 0.243 e. The summed E-state index contributed by atoms with van der Waals surface area (Å²) in [5, 5.41) is 2.69. The Kier molecular flexibility index (Phi) is 8.64. The molecule has 9 heteroatoms. The van der Waals surface area contributed by atoms with Crippen molar-refractivity contribution in [1.82, 2.24) is 9.62 Å². The Morgan fingerprint density at radius 1 is 1.22 bits per heavy atom. The molecule has 0 bridgehead atoms. The second-order valence-electron chi connectivity index (χ2n) is 7.82. The SMILES string of the molecule is CC(OCCCNC(=O)C1CCN(S(=O)(=O)c2ccc(F)c(Cl)c2)CC1)c1ccccc1.